The van der Waals surface area contributed by atoms with Gasteiger partial charge in [0.05, 0.1) is 10.6 Å². The molecule has 0 saturated carbocycles. The first kappa shape index (κ1) is 18.6. The van der Waals surface area contributed by atoms with Gasteiger partial charge in [-0.1, -0.05) is 23.4 Å². The Bertz CT molecular complexity index is 989. The number of hydrogen-bond donors (Lipinski definition) is 0. The maximum Gasteiger partial charge on any atom is 0.269 e. The number of fused-ring (bicyclic) bond motifs is 1. The molecule has 10 heteroatoms. The molecule has 4 rings (SSSR count). The monoisotopic (exact) mass is 451 g/mol. The van der Waals surface area contributed by atoms with E-state index in [-0.39, 0.29) is 22.7 Å². The van der Waals surface area contributed by atoms with Crippen molar-refractivity contribution in [1.82, 2.24) is 14.9 Å². The van der Waals surface area contributed by atoms with E-state index in [4.69, 9.17) is 11.6 Å². The van der Waals surface area contributed by atoms with Crippen LogP contribution in [0.5, 0.6) is 0 Å². The van der Waals surface area contributed by atoms with Crippen molar-refractivity contribution in [2.24, 2.45) is 5.10 Å². The zero-order chi connectivity index (χ0) is 17.4. The number of nitro benzene ring substituents is 1. The molecule has 0 amide bonds. The Balaban J connectivity index is 0.00000196. The second kappa shape index (κ2) is 7.56. The van der Waals surface area contributed by atoms with E-state index in [1.165, 1.54) is 23.9 Å². The number of nitro groups is 1. The number of thioether (sulfide) groups is 1. The van der Waals surface area contributed by atoms with Crippen molar-refractivity contribution in [3.8, 4) is 11.4 Å². The Morgan fingerprint density at radius 2 is 1.69 bits per heavy atom. The molecule has 26 heavy (non-hydrogen) atoms. The molecule has 2 aromatic carbocycles. The molecule has 132 valence electrons. The van der Waals surface area contributed by atoms with Gasteiger partial charge in [0.15, 0.2) is 5.82 Å². The van der Waals surface area contributed by atoms with Gasteiger partial charge in [0.1, 0.15) is 0 Å². The van der Waals surface area contributed by atoms with E-state index in [1.807, 2.05) is 12.1 Å². The van der Waals surface area contributed by atoms with E-state index < -0.39 is 4.92 Å². The summed E-state index contributed by atoms with van der Waals surface area (Å²) in [4.78, 5) is 10.4. The summed E-state index contributed by atoms with van der Waals surface area (Å²) in [5.41, 5.74) is 2.55. The molecule has 0 saturated heterocycles. The average Bonchev–Trinajstić information content (AvgIpc) is 3.05. The molecule has 7 nitrogen and oxygen atoms in total. The summed E-state index contributed by atoms with van der Waals surface area (Å²) in [6.07, 6.45) is 0. The van der Waals surface area contributed by atoms with Crippen molar-refractivity contribution in [1.29, 1.82) is 0 Å². The highest BCUT2D eigenvalue weighted by atomic mass is 79.9. The summed E-state index contributed by atoms with van der Waals surface area (Å²) in [5, 5.41) is 25.2. The van der Waals surface area contributed by atoms with Crippen LogP contribution in [0.3, 0.4) is 0 Å². The zero-order valence-electron chi connectivity index (χ0n) is 13.1. The first-order chi connectivity index (χ1) is 12.1. The number of benzene rings is 2. The SMILES string of the molecule is Br.O=[N+]([O-])c1ccc(C2=Nn3c(nnc3-c3ccc(Cl)cc3)SC2)cc1. The smallest absolute Gasteiger partial charge is 0.258 e. The third-order valence-electron chi connectivity index (χ3n) is 3.68. The van der Waals surface area contributed by atoms with Gasteiger partial charge in [-0.2, -0.15) is 9.78 Å². The third-order valence-corrected chi connectivity index (χ3v) is 4.87. The fourth-order valence-corrected chi connectivity index (χ4v) is 3.39. The van der Waals surface area contributed by atoms with Crippen molar-refractivity contribution in [3.05, 3.63) is 69.2 Å². The summed E-state index contributed by atoms with van der Waals surface area (Å²) < 4.78 is 1.69. The maximum atomic E-state index is 10.8. The minimum absolute atomic E-state index is 0. The minimum Gasteiger partial charge on any atom is -0.258 e. The van der Waals surface area contributed by atoms with Crippen LogP contribution in [0.25, 0.3) is 11.4 Å². The predicted molar refractivity (Wildman–Crippen MR) is 107 cm³/mol. The molecular weight excluding hydrogens is 442 g/mol. The number of non-ortho nitro benzene ring substituents is 1. The molecule has 0 N–H and O–H groups in total. The van der Waals surface area contributed by atoms with Gasteiger partial charge >= 0.3 is 0 Å². The van der Waals surface area contributed by atoms with Gasteiger partial charge in [-0.15, -0.1) is 27.2 Å². The summed E-state index contributed by atoms with van der Waals surface area (Å²) in [7, 11) is 0. The second-order valence-corrected chi connectivity index (χ2v) is 6.64. The Hall–Kier alpha value is -2.23. The van der Waals surface area contributed by atoms with Gasteiger partial charge in [0, 0.05) is 28.5 Å². The molecule has 0 bridgehead atoms. The Kier molecular flexibility index (Phi) is 5.40. The van der Waals surface area contributed by atoms with Crippen LogP contribution < -0.4 is 0 Å². The highest BCUT2D eigenvalue weighted by Crippen LogP contribution is 2.29. The summed E-state index contributed by atoms with van der Waals surface area (Å²) >= 11 is 7.45. The summed E-state index contributed by atoms with van der Waals surface area (Å²) in [6.45, 7) is 0. The normalized spacial score (nSPS) is 12.7. The van der Waals surface area contributed by atoms with Gasteiger partial charge in [-0.25, -0.2) is 0 Å². The maximum absolute atomic E-state index is 10.8. The molecule has 1 aliphatic rings. The number of hydrogen-bond acceptors (Lipinski definition) is 6. The van der Waals surface area contributed by atoms with Crippen LogP contribution in [0, 0.1) is 10.1 Å². The molecule has 0 atom stereocenters. The lowest BCUT2D eigenvalue weighted by atomic mass is 10.1. The standard InChI is InChI=1S/C16H10ClN5O2S.BrH/c17-12-5-1-11(2-6-12)15-18-19-16-21(15)20-14(9-25-16)10-3-7-13(8-4-10)22(23)24;/h1-8H,9H2;1H. The molecule has 3 aromatic rings. The highest BCUT2D eigenvalue weighted by Gasteiger charge is 2.21. The van der Waals surface area contributed by atoms with Gasteiger partial charge < -0.3 is 0 Å². The van der Waals surface area contributed by atoms with Crippen molar-refractivity contribution in [3.63, 3.8) is 0 Å². The number of nitrogens with zero attached hydrogens (tertiary/aromatic N) is 5. The largest absolute Gasteiger partial charge is 0.269 e. The van der Waals surface area contributed by atoms with Crippen LogP contribution in [0.4, 0.5) is 5.69 Å². The van der Waals surface area contributed by atoms with Crippen molar-refractivity contribution in [2.45, 2.75) is 5.16 Å². The molecule has 1 aliphatic heterocycles. The summed E-state index contributed by atoms with van der Waals surface area (Å²) in [6, 6.07) is 13.7. The lowest BCUT2D eigenvalue weighted by Gasteiger charge is -2.13. The van der Waals surface area contributed by atoms with E-state index in [2.05, 4.69) is 15.3 Å². The zero-order valence-corrected chi connectivity index (χ0v) is 16.4. The molecule has 0 aliphatic carbocycles. The van der Waals surface area contributed by atoms with Crippen molar-refractivity contribution in [2.75, 3.05) is 5.75 Å². The van der Waals surface area contributed by atoms with Crippen LogP contribution in [0.15, 0.2) is 58.8 Å². The molecule has 2 heterocycles. The first-order valence-corrected chi connectivity index (χ1v) is 8.65. The van der Waals surface area contributed by atoms with Gasteiger partial charge in [0.2, 0.25) is 5.16 Å². The number of halogens is 2. The summed E-state index contributed by atoms with van der Waals surface area (Å²) in [5.74, 6) is 1.24. The minimum atomic E-state index is -0.419. The first-order valence-electron chi connectivity index (χ1n) is 7.28. The Morgan fingerprint density at radius 3 is 2.35 bits per heavy atom. The molecular formula is C16H11BrClN5O2S. The van der Waals surface area contributed by atoms with E-state index in [0.717, 1.165) is 16.8 Å². The van der Waals surface area contributed by atoms with Gasteiger partial charge in [-0.3, -0.25) is 10.1 Å². The topological polar surface area (TPSA) is 86.2 Å². The molecule has 0 unspecified atom stereocenters. The van der Waals surface area contributed by atoms with Crippen LogP contribution >= 0.6 is 40.3 Å². The third kappa shape index (κ3) is 3.50. The number of rotatable bonds is 3. The van der Waals surface area contributed by atoms with Crippen LogP contribution in [0.2, 0.25) is 5.02 Å². The van der Waals surface area contributed by atoms with Crippen molar-refractivity contribution < 1.29 is 4.92 Å². The van der Waals surface area contributed by atoms with Crippen molar-refractivity contribution >= 4 is 51.7 Å². The van der Waals surface area contributed by atoms with E-state index in [9.17, 15) is 10.1 Å². The Labute approximate surface area is 168 Å². The fourth-order valence-electron chi connectivity index (χ4n) is 2.42. The fraction of sp³-hybridized carbons (Fsp3) is 0.0625. The van der Waals surface area contributed by atoms with Crippen LogP contribution in [-0.4, -0.2) is 31.3 Å². The lowest BCUT2D eigenvalue weighted by Crippen LogP contribution is -2.13. The van der Waals surface area contributed by atoms with E-state index in [1.54, 1.807) is 28.9 Å². The lowest BCUT2D eigenvalue weighted by molar-refractivity contribution is -0.384. The van der Waals surface area contributed by atoms with Gasteiger partial charge in [0.25, 0.3) is 5.69 Å². The molecule has 1 aromatic heterocycles. The quantitative estimate of drug-likeness (QED) is 0.433. The highest BCUT2D eigenvalue weighted by molar-refractivity contribution is 8.93. The van der Waals surface area contributed by atoms with Crippen LogP contribution in [0.1, 0.15) is 5.56 Å². The van der Waals surface area contributed by atoms with Gasteiger partial charge in [-0.05, 0) is 42.0 Å². The molecule has 0 fully saturated rings. The van der Waals surface area contributed by atoms with E-state index >= 15 is 0 Å². The van der Waals surface area contributed by atoms with Crippen LogP contribution in [-0.2, 0) is 0 Å². The second-order valence-electron chi connectivity index (χ2n) is 5.26. The average molecular weight is 453 g/mol. The molecule has 0 radical (unpaired) electrons. The number of aromatic nitrogens is 3. The predicted octanol–water partition coefficient (Wildman–Crippen LogP) is 4.44. The Morgan fingerprint density at radius 1 is 1.04 bits per heavy atom. The van der Waals surface area contributed by atoms with E-state index in [0.29, 0.717) is 21.8 Å². The molecule has 0 spiro atoms.